The van der Waals surface area contributed by atoms with Crippen LogP contribution in [0.5, 0.6) is 0 Å². The normalized spacial score (nSPS) is 22.6. The van der Waals surface area contributed by atoms with Gasteiger partial charge in [0.05, 0.1) is 0 Å². The smallest absolute Gasteiger partial charge is 0.0406 e. The van der Waals surface area contributed by atoms with Crippen LogP contribution in [0.25, 0.3) is 0 Å². The highest BCUT2D eigenvalue weighted by Crippen LogP contribution is 2.38. The number of nitrogens with one attached hydrogen (secondary N) is 1. The van der Waals surface area contributed by atoms with E-state index in [0.29, 0.717) is 18.0 Å². The van der Waals surface area contributed by atoms with Gasteiger partial charge >= 0.3 is 0 Å². The molecule has 1 fully saturated rings. The van der Waals surface area contributed by atoms with Gasteiger partial charge in [-0.05, 0) is 61.1 Å². The Morgan fingerprint density at radius 1 is 1.14 bits per heavy atom. The summed E-state index contributed by atoms with van der Waals surface area (Å²) < 4.78 is 1.14. The SMILES string of the molecule is C[C@@H](NC1CC(c2ccc(Cl)cc2)C1)c1cccc(Br)c1. The molecule has 2 aromatic rings. The molecule has 1 aliphatic rings. The molecule has 0 saturated heterocycles. The number of benzene rings is 2. The standard InChI is InChI=1S/C18H19BrClN/c1-12(14-3-2-4-16(19)9-14)21-18-10-15(11-18)13-5-7-17(20)8-6-13/h2-9,12,15,18,21H,10-11H2,1H3/t12-,15?,18?/m1/s1. The highest BCUT2D eigenvalue weighted by molar-refractivity contribution is 9.10. The average molecular weight is 365 g/mol. The molecular weight excluding hydrogens is 346 g/mol. The molecule has 0 bridgehead atoms. The van der Waals surface area contributed by atoms with E-state index >= 15 is 0 Å². The summed E-state index contributed by atoms with van der Waals surface area (Å²) in [5, 5.41) is 4.54. The van der Waals surface area contributed by atoms with Crippen LogP contribution in [0.1, 0.15) is 42.9 Å². The van der Waals surface area contributed by atoms with Crippen molar-refractivity contribution in [3.05, 3.63) is 69.2 Å². The Morgan fingerprint density at radius 3 is 2.52 bits per heavy atom. The second kappa shape index (κ2) is 6.51. The van der Waals surface area contributed by atoms with Crippen molar-refractivity contribution in [2.45, 2.75) is 37.8 Å². The number of hydrogen-bond acceptors (Lipinski definition) is 1. The number of halogens is 2. The summed E-state index contributed by atoms with van der Waals surface area (Å²) in [4.78, 5) is 0. The summed E-state index contributed by atoms with van der Waals surface area (Å²) in [6, 6.07) is 17.8. The fourth-order valence-electron chi connectivity index (χ4n) is 2.99. The van der Waals surface area contributed by atoms with Gasteiger partial charge in [0.2, 0.25) is 0 Å². The molecule has 3 rings (SSSR count). The summed E-state index contributed by atoms with van der Waals surface area (Å²) in [5.74, 6) is 0.675. The molecule has 110 valence electrons. The zero-order valence-corrected chi connectivity index (χ0v) is 14.4. The van der Waals surface area contributed by atoms with E-state index in [4.69, 9.17) is 11.6 Å². The molecule has 1 atom stereocenters. The van der Waals surface area contributed by atoms with E-state index < -0.39 is 0 Å². The molecule has 0 aromatic heterocycles. The van der Waals surface area contributed by atoms with Crippen molar-refractivity contribution >= 4 is 27.5 Å². The Balaban J connectivity index is 1.54. The van der Waals surface area contributed by atoms with E-state index in [9.17, 15) is 0 Å². The Hall–Kier alpha value is -0.830. The van der Waals surface area contributed by atoms with E-state index in [-0.39, 0.29) is 0 Å². The van der Waals surface area contributed by atoms with Gasteiger partial charge in [-0.1, -0.05) is 51.8 Å². The molecule has 0 radical (unpaired) electrons. The third-order valence-electron chi connectivity index (χ3n) is 4.31. The molecule has 0 aliphatic heterocycles. The molecule has 0 amide bonds. The first kappa shape index (κ1) is 15.1. The molecule has 0 unspecified atom stereocenters. The first-order valence-electron chi connectivity index (χ1n) is 7.39. The van der Waals surface area contributed by atoms with Gasteiger partial charge in [-0.3, -0.25) is 0 Å². The van der Waals surface area contributed by atoms with Crippen LogP contribution in [0.3, 0.4) is 0 Å². The summed E-state index contributed by atoms with van der Waals surface area (Å²) >= 11 is 9.47. The van der Waals surface area contributed by atoms with E-state index in [0.717, 1.165) is 9.50 Å². The van der Waals surface area contributed by atoms with Crippen molar-refractivity contribution in [3.63, 3.8) is 0 Å². The van der Waals surface area contributed by atoms with Gasteiger partial charge in [0, 0.05) is 21.6 Å². The lowest BCUT2D eigenvalue weighted by atomic mass is 9.75. The predicted molar refractivity (Wildman–Crippen MR) is 92.9 cm³/mol. The zero-order valence-electron chi connectivity index (χ0n) is 12.0. The molecule has 0 spiro atoms. The minimum absolute atomic E-state index is 0.388. The van der Waals surface area contributed by atoms with Crippen molar-refractivity contribution in [2.75, 3.05) is 0 Å². The Bertz CT molecular complexity index is 605. The zero-order chi connectivity index (χ0) is 14.8. The lowest BCUT2D eigenvalue weighted by molar-refractivity contribution is 0.271. The second-order valence-corrected chi connectivity index (χ2v) is 7.21. The topological polar surface area (TPSA) is 12.0 Å². The van der Waals surface area contributed by atoms with Crippen LogP contribution >= 0.6 is 27.5 Å². The first-order valence-corrected chi connectivity index (χ1v) is 8.56. The van der Waals surface area contributed by atoms with Gasteiger partial charge < -0.3 is 5.32 Å². The molecule has 0 heterocycles. The highest BCUT2D eigenvalue weighted by atomic mass is 79.9. The van der Waals surface area contributed by atoms with E-state index in [1.54, 1.807) is 0 Å². The van der Waals surface area contributed by atoms with Gasteiger partial charge in [-0.15, -0.1) is 0 Å². The summed E-state index contributed by atoms with van der Waals surface area (Å²) in [6.45, 7) is 2.23. The summed E-state index contributed by atoms with van der Waals surface area (Å²) in [7, 11) is 0. The highest BCUT2D eigenvalue weighted by Gasteiger charge is 2.31. The minimum Gasteiger partial charge on any atom is -0.307 e. The monoisotopic (exact) mass is 363 g/mol. The van der Waals surface area contributed by atoms with Crippen molar-refractivity contribution in [3.8, 4) is 0 Å². The van der Waals surface area contributed by atoms with Gasteiger partial charge in [0.15, 0.2) is 0 Å². The fourth-order valence-corrected chi connectivity index (χ4v) is 3.53. The fraction of sp³-hybridized carbons (Fsp3) is 0.333. The van der Waals surface area contributed by atoms with Crippen molar-refractivity contribution in [1.29, 1.82) is 0 Å². The molecule has 1 N–H and O–H groups in total. The number of rotatable bonds is 4. The quantitative estimate of drug-likeness (QED) is 0.734. The molecule has 1 saturated carbocycles. The lowest BCUT2D eigenvalue weighted by Gasteiger charge is -2.38. The van der Waals surface area contributed by atoms with Crippen molar-refractivity contribution in [1.82, 2.24) is 5.32 Å². The van der Waals surface area contributed by atoms with Crippen molar-refractivity contribution < 1.29 is 0 Å². The summed E-state index contributed by atoms with van der Waals surface area (Å²) in [5.41, 5.74) is 2.74. The molecule has 1 nitrogen and oxygen atoms in total. The maximum absolute atomic E-state index is 5.94. The van der Waals surface area contributed by atoms with Gasteiger partial charge in [-0.25, -0.2) is 0 Å². The Morgan fingerprint density at radius 2 is 1.86 bits per heavy atom. The second-order valence-electron chi connectivity index (χ2n) is 5.86. The largest absolute Gasteiger partial charge is 0.307 e. The lowest BCUT2D eigenvalue weighted by Crippen LogP contribution is -2.41. The number of hydrogen-bond donors (Lipinski definition) is 1. The third-order valence-corrected chi connectivity index (χ3v) is 5.06. The average Bonchev–Trinajstić information content (AvgIpc) is 2.43. The van der Waals surface area contributed by atoms with Crippen LogP contribution < -0.4 is 5.32 Å². The van der Waals surface area contributed by atoms with Crippen LogP contribution in [0.2, 0.25) is 5.02 Å². The van der Waals surface area contributed by atoms with Gasteiger partial charge in [-0.2, -0.15) is 0 Å². The maximum Gasteiger partial charge on any atom is 0.0406 e. The Kier molecular flexibility index (Phi) is 4.68. The molecule has 2 aromatic carbocycles. The van der Waals surface area contributed by atoms with Crippen LogP contribution in [0.15, 0.2) is 53.0 Å². The Labute approximate surface area is 139 Å². The maximum atomic E-state index is 5.94. The third kappa shape index (κ3) is 3.68. The van der Waals surface area contributed by atoms with Crippen LogP contribution in [-0.4, -0.2) is 6.04 Å². The minimum atomic E-state index is 0.388. The van der Waals surface area contributed by atoms with Gasteiger partial charge in [0.1, 0.15) is 0 Å². The molecule has 21 heavy (non-hydrogen) atoms. The molecule has 3 heteroatoms. The predicted octanol–water partition coefficient (Wildman–Crippen LogP) is 5.70. The molecule has 1 aliphatic carbocycles. The van der Waals surface area contributed by atoms with Crippen LogP contribution in [0, 0.1) is 0 Å². The van der Waals surface area contributed by atoms with Crippen LogP contribution in [0.4, 0.5) is 0 Å². The van der Waals surface area contributed by atoms with Gasteiger partial charge in [0.25, 0.3) is 0 Å². The van der Waals surface area contributed by atoms with Crippen molar-refractivity contribution in [2.24, 2.45) is 0 Å². The van der Waals surface area contributed by atoms with E-state index in [1.807, 2.05) is 12.1 Å². The first-order chi connectivity index (χ1) is 10.1. The molecular formula is C18H19BrClN. The van der Waals surface area contributed by atoms with E-state index in [2.05, 4.69) is 64.6 Å². The van der Waals surface area contributed by atoms with E-state index in [1.165, 1.54) is 24.0 Å². The summed E-state index contributed by atoms with van der Waals surface area (Å²) in [6.07, 6.45) is 2.42. The van der Waals surface area contributed by atoms with Crippen LogP contribution in [-0.2, 0) is 0 Å².